The molecule has 0 aliphatic heterocycles. The topological polar surface area (TPSA) is 83.3 Å². The molecule has 1 aromatic heterocycles. The minimum Gasteiger partial charge on any atom is -0.385 e. The van der Waals surface area contributed by atoms with Crippen LogP contribution in [-0.2, 0) is 14.8 Å². The van der Waals surface area contributed by atoms with Crippen LogP contribution in [0.5, 0.6) is 0 Å². The number of nitrogens with zero attached hydrogens (tertiary/aromatic N) is 3. The Kier molecular flexibility index (Phi) is 5.22. The molecular weight excluding hydrogens is 254 g/mol. The van der Waals surface area contributed by atoms with E-state index in [1.54, 1.807) is 13.2 Å². The summed E-state index contributed by atoms with van der Waals surface area (Å²) in [7, 11) is -0.639. The Labute approximate surface area is 107 Å². The maximum atomic E-state index is 12.2. The summed E-state index contributed by atoms with van der Waals surface area (Å²) in [5.41, 5.74) is -0.0870. The van der Waals surface area contributed by atoms with Crippen molar-refractivity contribution in [3.63, 3.8) is 0 Å². The molecule has 0 atom stereocenters. The van der Waals surface area contributed by atoms with Crippen LogP contribution in [0, 0.1) is 11.3 Å². The number of methoxy groups -OCH3 is 1. The molecule has 6 nitrogen and oxygen atoms in total. The molecule has 0 saturated carbocycles. The van der Waals surface area contributed by atoms with E-state index in [1.807, 2.05) is 0 Å². The van der Waals surface area contributed by atoms with Crippen molar-refractivity contribution in [3.8, 4) is 6.07 Å². The predicted molar refractivity (Wildman–Crippen MR) is 65.3 cm³/mol. The number of hydrogen-bond donors (Lipinski definition) is 0. The summed E-state index contributed by atoms with van der Waals surface area (Å²) in [6.45, 7) is 0.813. The van der Waals surface area contributed by atoms with Gasteiger partial charge in [-0.25, -0.2) is 17.7 Å². The molecule has 0 aliphatic carbocycles. The van der Waals surface area contributed by atoms with Crippen molar-refractivity contribution in [1.29, 1.82) is 5.26 Å². The average Bonchev–Trinajstić information content (AvgIpc) is 2.38. The van der Waals surface area contributed by atoms with Crippen LogP contribution in [0.4, 0.5) is 0 Å². The molecule has 0 aliphatic rings. The lowest BCUT2D eigenvalue weighted by molar-refractivity contribution is 0.189. The fourth-order valence-corrected chi connectivity index (χ4v) is 2.70. The first-order valence-corrected chi connectivity index (χ1v) is 6.78. The van der Waals surface area contributed by atoms with Crippen molar-refractivity contribution in [3.05, 3.63) is 24.0 Å². The summed E-state index contributed by atoms with van der Waals surface area (Å²) in [4.78, 5) is 3.69. The third kappa shape index (κ3) is 3.26. The Morgan fingerprint density at radius 1 is 1.56 bits per heavy atom. The number of sulfonamides is 1. The second-order valence-corrected chi connectivity index (χ2v) is 5.65. The highest BCUT2D eigenvalue weighted by Gasteiger charge is 2.24. The molecule has 0 radical (unpaired) electrons. The Balaban J connectivity index is 2.96. The van der Waals surface area contributed by atoms with Gasteiger partial charge in [0, 0.05) is 33.5 Å². The summed E-state index contributed by atoms with van der Waals surface area (Å²) < 4.78 is 30.5. The van der Waals surface area contributed by atoms with E-state index in [0.29, 0.717) is 19.6 Å². The molecule has 0 spiro atoms. The first-order chi connectivity index (χ1) is 8.54. The lowest BCUT2D eigenvalue weighted by Crippen LogP contribution is -2.29. The van der Waals surface area contributed by atoms with Crippen LogP contribution in [0.2, 0.25) is 0 Å². The van der Waals surface area contributed by atoms with E-state index in [2.05, 4.69) is 4.98 Å². The van der Waals surface area contributed by atoms with Gasteiger partial charge in [0.25, 0.3) is 0 Å². The van der Waals surface area contributed by atoms with Gasteiger partial charge in [0.1, 0.15) is 11.0 Å². The van der Waals surface area contributed by atoms with Crippen molar-refractivity contribution in [2.24, 2.45) is 0 Å². The van der Waals surface area contributed by atoms with Gasteiger partial charge in [-0.2, -0.15) is 5.26 Å². The van der Waals surface area contributed by atoms with E-state index >= 15 is 0 Å². The zero-order valence-corrected chi connectivity index (χ0v) is 11.1. The van der Waals surface area contributed by atoms with Crippen LogP contribution in [0.25, 0.3) is 0 Å². The lowest BCUT2D eigenvalue weighted by atomic mass is 10.4. The van der Waals surface area contributed by atoms with E-state index in [1.165, 1.54) is 29.7 Å². The summed E-state index contributed by atoms with van der Waals surface area (Å²) >= 11 is 0. The smallest absolute Gasteiger partial charge is 0.245 e. The third-order valence-electron chi connectivity index (χ3n) is 2.39. The second-order valence-electron chi connectivity index (χ2n) is 3.63. The standard InChI is InChI=1S/C11H15N3O3S/c1-14(7-4-8-17-2)18(15,16)11-5-3-6-13-10(11)9-12/h3,5-6H,4,7-8H2,1-2H3. The maximum Gasteiger partial charge on any atom is 0.245 e. The number of aromatic nitrogens is 1. The molecule has 0 saturated heterocycles. The molecule has 1 heterocycles. The minimum absolute atomic E-state index is 0.0626. The van der Waals surface area contributed by atoms with Crippen molar-refractivity contribution in [2.75, 3.05) is 27.3 Å². The van der Waals surface area contributed by atoms with Gasteiger partial charge in [-0.3, -0.25) is 0 Å². The van der Waals surface area contributed by atoms with E-state index in [-0.39, 0.29) is 10.6 Å². The zero-order valence-electron chi connectivity index (χ0n) is 10.3. The van der Waals surface area contributed by atoms with Crippen molar-refractivity contribution >= 4 is 10.0 Å². The summed E-state index contributed by atoms with van der Waals surface area (Å²) in [6.07, 6.45) is 1.98. The molecule has 1 rings (SSSR count). The van der Waals surface area contributed by atoms with Crippen LogP contribution in [0.3, 0.4) is 0 Å². The van der Waals surface area contributed by atoms with Crippen molar-refractivity contribution < 1.29 is 13.2 Å². The van der Waals surface area contributed by atoms with Gasteiger partial charge < -0.3 is 4.74 Å². The van der Waals surface area contributed by atoms with Gasteiger partial charge in [0.2, 0.25) is 10.0 Å². The van der Waals surface area contributed by atoms with Gasteiger partial charge in [0.15, 0.2) is 5.69 Å². The van der Waals surface area contributed by atoms with Crippen LogP contribution in [0.1, 0.15) is 12.1 Å². The molecule has 0 N–H and O–H groups in total. The number of nitriles is 1. The summed E-state index contributed by atoms with van der Waals surface area (Å²) in [5.74, 6) is 0. The van der Waals surface area contributed by atoms with Gasteiger partial charge in [-0.05, 0) is 18.6 Å². The van der Waals surface area contributed by atoms with Crippen LogP contribution >= 0.6 is 0 Å². The third-order valence-corrected chi connectivity index (χ3v) is 4.27. The maximum absolute atomic E-state index is 12.2. The monoisotopic (exact) mass is 269 g/mol. The number of pyridine rings is 1. The van der Waals surface area contributed by atoms with E-state index < -0.39 is 10.0 Å². The first kappa shape index (κ1) is 14.6. The summed E-state index contributed by atoms with van der Waals surface area (Å²) in [5, 5.41) is 8.86. The largest absolute Gasteiger partial charge is 0.385 e. The fraction of sp³-hybridized carbons (Fsp3) is 0.455. The van der Waals surface area contributed by atoms with Crippen LogP contribution in [-0.4, -0.2) is 45.0 Å². The quantitative estimate of drug-likeness (QED) is 0.706. The lowest BCUT2D eigenvalue weighted by Gasteiger charge is -2.17. The molecule has 0 aromatic carbocycles. The van der Waals surface area contributed by atoms with Gasteiger partial charge >= 0.3 is 0 Å². The SMILES string of the molecule is COCCCN(C)S(=O)(=O)c1cccnc1C#N. The Morgan fingerprint density at radius 2 is 2.28 bits per heavy atom. The van der Waals surface area contributed by atoms with Gasteiger partial charge in [-0.15, -0.1) is 0 Å². The highest BCUT2D eigenvalue weighted by Crippen LogP contribution is 2.16. The van der Waals surface area contributed by atoms with Crippen LogP contribution < -0.4 is 0 Å². The summed E-state index contributed by atoms with van der Waals surface area (Å²) in [6, 6.07) is 4.66. The molecule has 18 heavy (non-hydrogen) atoms. The molecule has 0 amide bonds. The van der Waals surface area contributed by atoms with Crippen molar-refractivity contribution in [1.82, 2.24) is 9.29 Å². The van der Waals surface area contributed by atoms with Crippen LogP contribution in [0.15, 0.2) is 23.2 Å². The highest BCUT2D eigenvalue weighted by molar-refractivity contribution is 7.89. The van der Waals surface area contributed by atoms with E-state index in [9.17, 15) is 8.42 Å². The first-order valence-electron chi connectivity index (χ1n) is 5.34. The van der Waals surface area contributed by atoms with Gasteiger partial charge in [-0.1, -0.05) is 0 Å². The van der Waals surface area contributed by atoms with E-state index in [0.717, 1.165) is 0 Å². The van der Waals surface area contributed by atoms with E-state index in [4.69, 9.17) is 10.00 Å². The Bertz CT molecular complexity index is 537. The number of ether oxygens (including phenoxy) is 1. The number of hydrogen-bond acceptors (Lipinski definition) is 5. The van der Waals surface area contributed by atoms with Crippen molar-refractivity contribution in [2.45, 2.75) is 11.3 Å². The predicted octanol–water partition coefficient (Wildman–Crippen LogP) is 0.610. The number of rotatable bonds is 6. The molecule has 1 aromatic rings. The zero-order chi connectivity index (χ0) is 13.6. The fourth-order valence-electron chi connectivity index (χ4n) is 1.40. The molecule has 0 unspecified atom stereocenters. The van der Waals surface area contributed by atoms with Gasteiger partial charge in [0.05, 0.1) is 0 Å². The Morgan fingerprint density at radius 3 is 2.89 bits per heavy atom. The second kappa shape index (κ2) is 6.44. The molecule has 7 heteroatoms. The average molecular weight is 269 g/mol. The minimum atomic E-state index is -3.67. The molecule has 98 valence electrons. The Hall–Kier alpha value is -1.49. The normalized spacial score (nSPS) is 11.4. The highest BCUT2D eigenvalue weighted by atomic mass is 32.2. The molecular formula is C11H15N3O3S. The molecule has 0 fully saturated rings. The molecule has 0 bridgehead atoms.